The summed E-state index contributed by atoms with van der Waals surface area (Å²) in [5, 5.41) is 0. The fourth-order valence-electron chi connectivity index (χ4n) is 1.88. The molecule has 0 N–H and O–H groups in total. The lowest BCUT2D eigenvalue weighted by Crippen LogP contribution is -2.11. The van der Waals surface area contributed by atoms with Gasteiger partial charge in [0.2, 0.25) is 0 Å². The van der Waals surface area contributed by atoms with Gasteiger partial charge in [0.1, 0.15) is 12.4 Å². The topological polar surface area (TPSA) is 18.5 Å². The highest BCUT2D eigenvalue weighted by atomic mass is 16.5. The molecular weight excluding hydrogens is 236 g/mol. The molecule has 0 aliphatic rings. The van der Waals surface area contributed by atoms with Gasteiger partial charge in [-0.15, -0.1) is 0 Å². The number of benzene rings is 2. The molecule has 0 aliphatic carbocycles. The lowest BCUT2D eigenvalue weighted by Gasteiger charge is -2.12. The summed E-state index contributed by atoms with van der Waals surface area (Å²) in [5.41, 5.74) is 2.29. The van der Waals surface area contributed by atoms with E-state index in [-0.39, 0.29) is 6.10 Å². The molecule has 0 aromatic heterocycles. The molecule has 0 fully saturated rings. The molecule has 0 heterocycles. The molecule has 0 unspecified atom stereocenters. The van der Waals surface area contributed by atoms with Crippen LogP contribution in [0.3, 0.4) is 0 Å². The Bertz CT molecular complexity index is 492. The molecule has 2 rings (SSSR count). The van der Waals surface area contributed by atoms with Crippen molar-refractivity contribution in [3.8, 4) is 16.9 Å². The average molecular weight is 256 g/mol. The van der Waals surface area contributed by atoms with Crippen LogP contribution in [0.25, 0.3) is 11.1 Å². The third-order valence-electron chi connectivity index (χ3n) is 2.76. The summed E-state index contributed by atoms with van der Waals surface area (Å²) in [5.74, 6) is 0.904. The molecule has 0 saturated heterocycles. The van der Waals surface area contributed by atoms with Gasteiger partial charge in [-0.05, 0) is 25.5 Å². The largest absolute Gasteiger partial charge is 0.491 e. The molecule has 0 saturated carbocycles. The van der Waals surface area contributed by atoms with Crippen molar-refractivity contribution in [1.29, 1.82) is 0 Å². The van der Waals surface area contributed by atoms with Crippen molar-refractivity contribution in [3.05, 3.63) is 54.6 Å². The van der Waals surface area contributed by atoms with Gasteiger partial charge in [-0.1, -0.05) is 48.5 Å². The number of ether oxygens (including phenoxy) is 2. The van der Waals surface area contributed by atoms with Crippen LogP contribution in [0.1, 0.15) is 13.8 Å². The Morgan fingerprint density at radius 1 is 0.842 bits per heavy atom. The molecule has 2 nitrogen and oxygen atoms in total. The van der Waals surface area contributed by atoms with E-state index >= 15 is 0 Å². The Morgan fingerprint density at radius 2 is 1.53 bits per heavy atom. The third-order valence-corrected chi connectivity index (χ3v) is 2.76. The van der Waals surface area contributed by atoms with E-state index in [0.29, 0.717) is 13.2 Å². The van der Waals surface area contributed by atoms with Gasteiger partial charge in [0.25, 0.3) is 0 Å². The highest BCUT2D eigenvalue weighted by molar-refractivity contribution is 5.70. The van der Waals surface area contributed by atoms with E-state index in [2.05, 4.69) is 18.2 Å². The van der Waals surface area contributed by atoms with Crippen LogP contribution in [-0.4, -0.2) is 19.3 Å². The van der Waals surface area contributed by atoms with Crippen LogP contribution in [0.2, 0.25) is 0 Å². The summed E-state index contributed by atoms with van der Waals surface area (Å²) >= 11 is 0. The summed E-state index contributed by atoms with van der Waals surface area (Å²) in [4.78, 5) is 0. The summed E-state index contributed by atoms with van der Waals surface area (Å²) in [6.45, 7) is 5.23. The summed E-state index contributed by atoms with van der Waals surface area (Å²) < 4.78 is 11.3. The normalized spacial score (nSPS) is 10.7. The lowest BCUT2D eigenvalue weighted by molar-refractivity contribution is 0.0554. The molecule has 0 amide bonds. The van der Waals surface area contributed by atoms with E-state index in [1.807, 2.05) is 50.2 Å². The number of para-hydroxylation sites is 1. The highest BCUT2D eigenvalue weighted by Gasteiger charge is 2.05. The zero-order chi connectivity index (χ0) is 13.5. The first-order valence-corrected chi connectivity index (χ1v) is 6.66. The predicted octanol–water partition coefficient (Wildman–Crippen LogP) is 4.16. The zero-order valence-corrected chi connectivity index (χ0v) is 11.5. The fraction of sp³-hybridized carbons (Fsp3) is 0.294. The maximum Gasteiger partial charge on any atom is 0.127 e. The van der Waals surface area contributed by atoms with Crippen molar-refractivity contribution in [2.45, 2.75) is 20.0 Å². The predicted molar refractivity (Wildman–Crippen MR) is 78.5 cm³/mol. The molecule has 19 heavy (non-hydrogen) atoms. The highest BCUT2D eigenvalue weighted by Crippen LogP contribution is 2.29. The fourth-order valence-corrected chi connectivity index (χ4v) is 1.88. The van der Waals surface area contributed by atoms with Crippen LogP contribution in [0.5, 0.6) is 5.75 Å². The summed E-state index contributed by atoms with van der Waals surface area (Å²) in [6.07, 6.45) is 0.243. The quantitative estimate of drug-likeness (QED) is 0.723. The van der Waals surface area contributed by atoms with Gasteiger partial charge in [0.05, 0.1) is 12.7 Å². The van der Waals surface area contributed by atoms with E-state index in [4.69, 9.17) is 9.47 Å². The van der Waals surface area contributed by atoms with Crippen LogP contribution in [0.4, 0.5) is 0 Å². The van der Waals surface area contributed by atoms with Crippen molar-refractivity contribution < 1.29 is 9.47 Å². The van der Waals surface area contributed by atoms with E-state index < -0.39 is 0 Å². The third kappa shape index (κ3) is 4.11. The standard InChI is InChI=1S/C17H20O2/c1-14(2)18-12-13-19-17-11-7-6-10-16(17)15-8-4-3-5-9-15/h3-11,14H,12-13H2,1-2H3. The van der Waals surface area contributed by atoms with Crippen LogP contribution < -0.4 is 4.74 Å². The second-order valence-electron chi connectivity index (χ2n) is 4.63. The van der Waals surface area contributed by atoms with E-state index in [1.54, 1.807) is 0 Å². The molecule has 100 valence electrons. The Kier molecular flexibility index (Phi) is 4.99. The van der Waals surface area contributed by atoms with Crippen molar-refractivity contribution in [2.24, 2.45) is 0 Å². The number of hydrogen-bond donors (Lipinski definition) is 0. The average Bonchev–Trinajstić information content (AvgIpc) is 2.45. The van der Waals surface area contributed by atoms with Crippen LogP contribution in [0.15, 0.2) is 54.6 Å². The van der Waals surface area contributed by atoms with Gasteiger partial charge < -0.3 is 9.47 Å². The van der Waals surface area contributed by atoms with Gasteiger partial charge >= 0.3 is 0 Å². The van der Waals surface area contributed by atoms with Crippen molar-refractivity contribution >= 4 is 0 Å². The minimum atomic E-state index is 0.243. The lowest BCUT2D eigenvalue weighted by atomic mass is 10.1. The van der Waals surface area contributed by atoms with Gasteiger partial charge in [-0.3, -0.25) is 0 Å². The molecule has 0 radical (unpaired) electrons. The molecule has 2 aromatic rings. The van der Waals surface area contributed by atoms with Crippen molar-refractivity contribution in [3.63, 3.8) is 0 Å². The number of rotatable bonds is 6. The second kappa shape index (κ2) is 6.95. The molecule has 0 spiro atoms. The first kappa shape index (κ1) is 13.6. The molecule has 2 aromatic carbocycles. The monoisotopic (exact) mass is 256 g/mol. The van der Waals surface area contributed by atoms with Gasteiger partial charge in [0.15, 0.2) is 0 Å². The first-order valence-electron chi connectivity index (χ1n) is 6.66. The summed E-state index contributed by atoms with van der Waals surface area (Å²) in [7, 11) is 0. The minimum Gasteiger partial charge on any atom is -0.491 e. The van der Waals surface area contributed by atoms with Crippen LogP contribution in [0, 0.1) is 0 Å². The molecule has 0 aliphatic heterocycles. The van der Waals surface area contributed by atoms with Gasteiger partial charge in [-0.2, -0.15) is 0 Å². The van der Waals surface area contributed by atoms with E-state index in [1.165, 1.54) is 5.56 Å². The molecule has 2 heteroatoms. The smallest absolute Gasteiger partial charge is 0.127 e. The van der Waals surface area contributed by atoms with Gasteiger partial charge in [0, 0.05) is 5.56 Å². The zero-order valence-electron chi connectivity index (χ0n) is 11.5. The van der Waals surface area contributed by atoms with Crippen molar-refractivity contribution in [1.82, 2.24) is 0 Å². The van der Waals surface area contributed by atoms with Crippen LogP contribution >= 0.6 is 0 Å². The number of hydrogen-bond acceptors (Lipinski definition) is 2. The first-order chi connectivity index (χ1) is 9.27. The Balaban J connectivity index is 2.05. The molecule has 0 atom stereocenters. The van der Waals surface area contributed by atoms with Gasteiger partial charge in [-0.25, -0.2) is 0 Å². The molecule has 0 bridgehead atoms. The Hall–Kier alpha value is -1.80. The summed E-state index contributed by atoms with van der Waals surface area (Å²) in [6, 6.07) is 18.4. The minimum absolute atomic E-state index is 0.243. The van der Waals surface area contributed by atoms with Crippen molar-refractivity contribution in [2.75, 3.05) is 13.2 Å². The SMILES string of the molecule is CC(C)OCCOc1ccccc1-c1ccccc1. The maximum absolute atomic E-state index is 5.82. The Morgan fingerprint density at radius 3 is 2.26 bits per heavy atom. The van der Waals surface area contributed by atoms with E-state index in [0.717, 1.165) is 11.3 Å². The van der Waals surface area contributed by atoms with Crippen LogP contribution in [-0.2, 0) is 4.74 Å². The maximum atomic E-state index is 5.82. The Labute approximate surface area is 115 Å². The second-order valence-corrected chi connectivity index (χ2v) is 4.63. The van der Waals surface area contributed by atoms with E-state index in [9.17, 15) is 0 Å². The molecular formula is C17H20O2.